The van der Waals surface area contributed by atoms with Crippen LogP contribution in [-0.4, -0.2) is 16.2 Å². The van der Waals surface area contributed by atoms with Crippen LogP contribution in [0.3, 0.4) is 0 Å². The van der Waals surface area contributed by atoms with E-state index in [2.05, 4.69) is 20.8 Å². The zero-order valence-electron chi connectivity index (χ0n) is 13.1. The normalized spacial score (nSPS) is 10.5. The van der Waals surface area contributed by atoms with E-state index in [1.54, 1.807) is 32.0 Å². The molecule has 6 nitrogen and oxygen atoms in total. The highest BCUT2D eigenvalue weighted by Gasteiger charge is 2.09. The average molecular weight is 326 g/mol. The smallest absolute Gasteiger partial charge is 0.323 e. The molecule has 1 heterocycles. The number of halogens is 1. The zero-order valence-corrected chi connectivity index (χ0v) is 13.1. The van der Waals surface area contributed by atoms with E-state index in [-0.39, 0.29) is 5.82 Å². The minimum atomic E-state index is -0.425. The van der Waals surface area contributed by atoms with Crippen LogP contribution < -0.4 is 10.6 Å². The monoisotopic (exact) mass is 326 g/mol. The molecule has 0 unspecified atom stereocenters. The molecule has 2 N–H and O–H groups in total. The van der Waals surface area contributed by atoms with Crippen LogP contribution in [0.15, 0.2) is 47.0 Å². The molecule has 1 aromatic heterocycles. The fourth-order valence-corrected chi connectivity index (χ4v) is 2.20. The van der Waals surface area contributed by atoms with Gasteiger partial charge in [0.2, 0.25) is 11.7 Å². The summed E-state index contributed by atoms with van der Waals surface area (Å²) in [5.74, 6) is 0.570. The lowest BCUT2D eigenvalue weighted by Gasteiger charge is -2.10. The van der Waals surface area contributed by atoms with E-state index in [4.69, 9.17) is 4.52 Å². The van der Waals surface area contributed by atoms with Crippen molar-refractivity contribution in [3.05, 3.63) is 59.7 Å². The van der Waals surface area contributed by atoms with Crippen LogP contribution in [0.25, 0.3) is 11.4 Å². The van der Waals surface area contributed by atoms with E-state index in [1.807, 2.05) is 6.07 Å². The number of carbonyl (C=O) groups is 1. The van der Waals surface area contributed by atoms with Crippen LogP contribution >= 0.6 is 0 Å². The van der Waals surface area contributed by atoms with Crippen LogP contribution in [-0.2, 0) is 0 Å². The number of aromatic nitrogens is 2. The second-order valence-electron chi connectivity index (χ2n) is 5.26. The molecule has 3 rings (SSSR count). The molecule has 0 spiro atoms. The number of aryl methyl sites for hydroxylation is 2. The maximum atomic E-state index is 13.1. The van der Waals surface area contributed by atoms with Gasteiger partial charge in [-0.25, -0.2) is 9.18 Å². The van der Waals surface area contributed by atoms with Gasteiger partial charge in [0.1, 0.15) is 5.82 Å². The molecule has 3 aromatic rings. The third-order valence-corrected chi connectivity index (χ3v) is 3.34. The predicted molar refractivity (Wildman–Crippen MR) is 88.2 cm³/mol. The first-order chi connectivity index (χ1) is 11.5. The number of carbonyl (C=O) groups excluding carboxylic acids is 1. The number of nitrogens with zero attached hydrogens (tertiary/aromatic N) is 2. The Bertz CT molecular complexity index is 892. The number of hydrogen-bond donors (Lipinski definition) is 2. The second-order valence-corrected chi connectivity index (χ2v) is 5.26. The lowest BCUT2D eigenvalue weighted by atomic mass is 10.2. The molecule has 0 atom stereocenters. The van der Waals surface area contributed by atoms with Crippen molar-refractivity contribution in [3.63, 3.8) is 0 Å². The fourth-order valence-electron chi connectivity index (χ4n) is 2.20. The van der Waals surface area contributed by atoms with E-state index in [0.29, 0.717) is 28.7 Å². The van der Waals surface area contributed by atoms with Gasteiger partial charge >= 0.3 is 6.03 Å². The molecule has 7 heteroatoms. The number of hydrogen-bond acceptors (Lipinski definition) is 4. The van der Waals surface area contributed by atoms with Crippen LogP contribution in [0.1, 0.15) is 11.5 Å². The molecular weight excluding hydrogens is 311 g/mol. The molecule has 122 valence electrons. The van der Waals surface area contributed by atoms with E-state index < -0.39 is 6.03 Å². The Morgan fingerprint density at radius 2 is 1.96 bits per heavy atom. The summed E-state index contributed by atoms with van der Waals surface area (Å²) < 4.78 is 18.0. The van der Waals surface area contributed by atoms with Crippen molar-refractivity contribution in [1.29, 1.82) is 0 Å². The quantitative estimate of drug-likeness (QED) is 0.758. The summed E-state index contributed by atoms with van der Waals surface area (Å²) in [6.45, 7) is 3.43. The van der Waals surface area contributed by atoms with Crippen molar-refractivity contribution in [1.82, 2.24) is 10.1 Å². The van der Waals surface area contributed by atoms with Crippen molar-refractivity contribution < 1.29 is 13.7 Å². The maximum Gasteiger partial charge on any atom is 0.323 e. The molecule has 0 saturated carbocycles. The Morgan fingerprint density at radius 3 is 2.67 bits per heavy atom. The van der Waals surface area contributed by atoms with Crippen LogP contribution in [0.4, 0.5) is 20.6 Å². The molecule has 0 aliphatic heterocycles. The molecule has 0 radical (unpaired) electrons. The van der Waals surface area contributed by atoms with Crippen LogP contribution in [0, 0.1) is 19.7 Å². The number of anilines is 2. The number of nitrogens with one attached hydrogen (secondary N) is 2. The summed E-state index contributed by atoms with van der Waals surface area (Å²) >= 11 is 0. The van der Waals surface area contributed by atoms with Gasteiger partial charge in [0, 0.05) is 23.9 Å². The van der Waals surface area contributed by atoms with Crippen molar-refractivity contribution in [2.45, 2.75) is 13.8 Å². The lowest BCUT2D eigenvalue weighted by molar-refractivity contribution is 0.262. The first-order valence-electron chi connectivity index (χ1n) is 7.26. The summed E-state index contributed by atoms with van der Waals surface area (Å²) in [7, 11) is 0. The highest BCUT2D eigenvalue weighted by atomic mass is 19.1. The van der Waals surface area contributed by atoms with E-state index in [9.17, 15) is 9.18 Å². The van der Waals surface area contributed by atoms with E-state index in [0.717, 1.165) is 5.56 Å². The largest absolute Gasteiger partial charge is 0.339 e. The summed E-state index contributed by atoms with van der Waals surface area (Å²) in [6, 6.07) is 10.8. The minimum absolute atomic E-state index is 0.346. The third kappa shape index (κ3) is 3.57. The molecular formula is C17H15FN4O2. The third-order valence-electron chi connectivity index (χ3n) is 3.34. The Morgan fingerprint density at radius 1 is 1.12 bits per heavy atom. The zero-order chi connectivity index (χ0) is 17.1. The van der Waals surface area contributed by atoms with E-state index >= 15 is 0 Å². The first kappa shape index (κ1) is 15.7. The SMILES string of the molecule is Cc1nc(-c2cccc(NC(=O)Nc3ccc(F)cc3C)c2)no1. The van der Waals surface area contributed by atoms with Gasteiger partial charge in [0.15, 0.2) is 0 Å². The summed E-state index contributed by atoms with van der Waals surface area (Å²) in [5, 5.41) is 9.25. The predicted octanol–water partition coefficient (Wildman–Crippen LogP) is 4.14. The number of rotatable bonds is 3. The number of urea groups is 1. The highest BCUT2D eigenvalue weighted by Crippen LogP contribution is 2.21. The second kappa shape index (κ2) is 6.49. The standard InChI is InChI=1S/C17H15FN4O2/c1-10-8-13(18)6-7-15(10)21-17(23)20-14-5-3-4-12(9-14)16-19-11(2)24-22-16/h3-9H,1-2H3,(H2,20,21,23). The van der Waals surface area contributed by atoms with Gasteiger partial charge in [-0.05, 0) is 42.8 Å². The minimum Gasteiger partial charge on any atom is -0.339 e. The molecule has 0 aliphatic carbocycles. The van der Waals surface area contributed by atoms with Gasteiger partial charge in [0.05, 0.1) is 0 Å². The molecule has 0 saturated heterocycles. The van der Waals surface area contributed by atoms with Gasteiger partial charge in [-0.3, -0.25) is 0 Å². The molecule has 2 aromatic carbocycles. The number of benzene rings is 2. The Labute approximate surface area is 137 Å². The molecule has 0 aliphatic rings. The first-order valence-corrected chi connectivity index (χ1v) is 7.26. The topological polar surface area (TPSA) is 80.0 Å². The maximum absolute atomic E-state index is 13.1. The summed E-state index contributed by atoms with van der Waals surface area (Å²) in [5.41, 5.74) is 2.48. The van der Waals surface area contributed by atoms with Gasteiger partial charge < -0.3 is 15.2 Å². The van der Waals surface area contributed by atoms with Crippen molar-refractivity contribution >= 4 is 17.4 Å². The highest BCUT2D eigenvalue weighted by molar-refractivity contribution is 6.00. The molecule has 24 heavy (non-hydrogen) atoms. The van der Waals surface area contributed by atoms with Crippen molar-refractivity contribution in [2.75, 3.05) is 10.6 Å². The van der Waals surface area contributed by atoms with E-state index in [1.165, 1.54) is 18.2 Å². The van der Waals surface area contributed by atoms with Gasteiger partial charge in [-0.15, -0.1) is 0 Å². The van der Waals surface area contributed by atoms with Gasteiger partial charge in [-0.1, -0.05) is 17.3 Å². The van der Waals surface area contributed by atoms with Crippen molar-refractivity contribution in [3.8, 4) is 11.4 Å². The summed E-state index contributed by atoms with van der Waals surface area (Å²) in [6.07, 6.45) is 0. The molecule has 0 fully saturated rings. The van der Waals surface area contributed by atoms with Crippen LogP contribution in [0.5, 0.6) is 0 Å². The fraction of sp³-hybridized carbons (Fsp3) is 0.118. The Hall–Kier alpha value is -3.22. The lowest BCUT2D eigenvalue weighted by Crippen LogP contribution is -2.20. The van der Waals surface area contributed by atoms with Gasteiger partial charge in [0.25, 0.3) is 0 Å². The van der Waals surface area contributed by atoms with Crippen molar-refractivity contribution in [2.24, 2.45) is 0 Å². The Balaban J connectivity index is 1.72. The van der Waals surface area contributed by atoms with Gasteiger partial charge in [-0.2, -0.15) is 4.98 Å². The average Bonchev–Trinajstić information content (AvgIpc) is 2.97. The molecule has 2 amide bonds. The van der Waals surface area contributed by atoms with Crippen LogP contribution in [0.2, 0.25) is 0 Å². The molecule has 0 bridgehead atoms. The Kier molecular flexibility index (Phi) is 4.24. The number of amides is 2. The summed E-state index contributed by atoms with van der Waals surface area (Å²) in [4.78, 5) is 16.3.